The molecule has 2 aromatic heterocycles. The van der Waals surface area contributed by atoms with Crippen molar-refractivity contribution in [3.05, 3.63) is 176 Å². The number of fused-ring (bicyclic) bond motifs is 10. The summed E-state index contributed by atoms with van der Waals surface area (Å²) in [4.78, 5) is 2.51. The molecule has 0 aliphatic carbocycles. The molecule has 3 heteroatoms. The van der Waals surface area contributed by atoms with Crippen molar-refractivity contribution in [1.29, 1.82) is 0 Å². The van der Waals surface area contributed by atoms with Gasteiger partial charge in [-0.3, -0.25) is 0 Å². The fourth-order valence-electron chi connectivity index (χ4n) is 8.26. The molecule has 2 nitrogen and oxygen atoms in total. The number of hydrogen-bond donors (Lipinski definition) is 0. The second-order valence-electron chi connectivity index (χ2n) is 13.2. The Labute approximate surface area is 298 Å². The molecule has 0 aliphatic rings. The second-order valence-corrected chi connectivity index (χ2v) is 14.2. The fourth-order valence-corrected chi connectivity index (χ4v) is 9.47. The van der Waals surface area contributed by atoms with E-state index >= 15 is 0 Å². The molecule has 51 heavy (non-hydrogen) atoms. The predicted molar refractivity (Wildman–Crippen MR) is 219 cm³/mol. The lowest BCUT2D eigenvalue weighted by molar-refractivity contribution is 0.673. The Hall–Kier alpha value is -6.42. The van der Waals surface area contributed by atoms with Gasteiger partial charge in [0.15, 0.2) is 0 Å². The summed E-state index contributed by atoms with van der Waals surface area (Å²) in [6, 6.07) is 63.7. The number of furan rings is 1. The molecular weight excluding hydrogens is 639 g/mol. The van der Waals surface area contributed by atoms with Crippen molar-refractivity contribution in [2.45, 2.75) is 0 Å². The zero-order valence-corrected chi connectivity index (χ0v) is 28.3. The summed E-state index contributed by atoms with van der Waals surface area (Å²) in [6.45, 7) is 0. The van der Waals surface area contributed by atoms with E-state index in [0.29, 0.717) is 0 Å². The molecule has 2 heterocycles. The van der Waals surface area contributed by atoms with Crippen LogP contribution in [0.3, 0.4) is 0 Å². The smallest absolute Gasteiger partial charge is 0.144 e. The SMILES string of the molecule is c1ccc(N(c2c3ccccc3c(-c3cccc4ccccc34)c3ccccc23)c2cc3c4ccccc4oc3c3c2sc2ccccc23)cc1. The predicted octanol–water partition coefficient (Wildman–Crippen LogP) is 14.6. The summed E-state index contributed by atoms with van der Waals surface area (Å²) in [7, 11) is 0. The number of anilines is 3. The van der Waals surface area contributed by atoms with E-state index in [2.05, 4.69) is 181 Å². The van der Waals surface area contributed by atoms with Gasteiger partial charge >= 0.3 is 0 Å². The molecule has 0 N–H and O–H groups in total. The van der Waals surface area contributed by atoms with E-state index in [1.54, 1.807) is 0 Å². The number of rotatable bonds is 4. The van der Waals surface area contributed by atoms with Crippen LogP contribution in [0.1, 0.15) is 0 Å². The first-order chi connectivity index (χ1) is 25.3. The van der Waals surface area contributed by atoms with E-state index in [4.69, 9.17) is 4.42 Å². The average molecular weight is 668 g/mol. The summed E-state index contributed by atoms with van der Waals surface area (Å²) in [5.74, 6) is 0. The van der Waals surface area contributed by atoms with Crippen molar-refractivity contribution in [2.75, 3.05) is 4.90 Å². The van der Waals surface area contributed by atoms with Crippen molar-refractivity contribution in [3.63, 3.8) is 0 Å². The molecule has 0 atom stereocenters. The standard InChI is InChI=1S/C48H29NOS/c1-2-17-31(18-3-1)49(41-29-40-33-20-10-12-27-42(33)50-47(40)45-39-25-11-13-28-43(39)51-48(41)45)46-37-23-8-6-21-35(37)44(36-22-7-9-24-38(36)46)34-26-14-16-30-15-4-5-19-32(30)34/h1-29H. The number of benzene rings is 9. The van der Waals surface area contributed by atoms with Gasteiger partial charge in [0.1, 0.15) is 11.2 Å². The number of thiophene rings is 1. The van der Waals surface area contributed by atoms with E-state index in [-0.39, 0.29) is 0 Å². The maximum Gasteiger partial charge on any atom is 0.144 e. The fraction of sp³-hybridized carbons (Fsp3) is 0. The summed E-state index contributed by atoms with van der Waals surface area (Å²) in [6.07, 6.45) is 0. The van der Waals surface area contributed by atoms with Gasteiger partial charge in [-0.25, -0.2) is 0 Å². The van der Waals surface area contributed by atoms with Crippen LogP contribution >= 0.6 is 11.3 Å². The van der Waals surface area contributed by atoms with Crippen molar-refractivity contribution >= 4 is 103 Å². The molecule has 0 fully saturated rings. The van der Waals surface area contributed by atoms with Gasteiger partial charge in [-0.1, -0.05) is 146 Å². The van der Waals surface area contributed by atoms with Gasteiger partial charge in [-0.05, 0) is 63.0 Å². The maximum atomic E-state index is 6.71. The van der Waals surface area contributed by atoms with E-state index in [1.807, 2.05) is 11.3 Å². The quantitative estimate of drug-likeness (QED) is 0.174. The summed E-state index contributed by atoms with van der Waals surface area (Å²) in [5.41, 5.74) is 7.78. The molecule has 0 radical (unpaired) electrons. The third-order valence-corrected chi connectivity index (χ3v) is 11.6. The van der Waals surface area contributed by atoms with Crippen molar-refractivity contribution in [2.24, 2.45) is 0 Å². The minimum Gasteiger partial charge on any atom is -0.455 e. The lowest BCUT2D eigenvalue weighted by atomic mass is 9.88. The summed E-state index contributed by atoms with van der Waals surface area (Å²) in [5, 5.41) is 12.0. The Morgan fingerprint density at radius 3 is 1.80 bits per heavy atom. The van der Waals surface area contributed by atoms with Crippen LogP contribution in [-0.2, 0) is 0 Å². The van der Waals surface area contributed by atoms with Crippen LogP contribution in [0.15, 0.2) is 180 Å². The highest BCUT2D eigenvalue weighted by molar-refractivity contribution is 7.26. The number of para-hydroxylation sites is 2. The molecular formula is C48H29NOS. The van der Waals surface area contributed by atoms with Crippen molar-refractivity contribution < 1.29 is 4.42 Å². The van der Waals surface area contributed by atoms with Crippen LogP contribution in [0, 0.1) is 0 Å². The van der Waals surface area contributed by atoms with Gasteiger partial charge in [-0.15, -0.1) is 11.3 Å². The molecule has 11 rings (SSSR count). The molecule has 0 spiro atoms. The van der Waals surface area contributed by atoms with E-state index in [0.717, 1.165) is 33.3 Å². The average Bonchev–Trinajstić information content (AvgIpc) is 3.77. The van der Waals surface area contributed by atoms with Gasteiger partial charge in [0, 0.05) is 42.7 Å². The van der Waals surface area contributed by atoms with E-state index in [1.165, 1.54) is 69.3 Å². The first-order valence-corrected chi connectivity index (χ1v) is 18.2. The molecule has 0 aliphatic heterocycles. The zero-order chi connectivity index (χ0) is 33.5. The first-order valence-electron chi connectivity index (χ1n) is 17.4. The van der Waals surface area contributed by atoms with Crippen LogP contribution in [0.4, 0.5) is 17.1 Å². The van der Waals surface area contributed by atoms with Gasteiger partial charge in [0.25, 0.3) is 0 Å². The van der Waals surface area contributed by atoms with Crippen LogP contribution in [-0.4, -0.2) is 0 Å². The van der Waals surface area contributed by atoms with Gasteiger partial charge < -0.3 is 9.32 Å². The highest BCUT2D eigenvalue weighted by Gasteiger charge is 2.27. The number of nitrogens with zero attached hydrogens (tertiary/aromatic N) is 1. The van der Waals surface area contributed by atoms with Crippen LogP contribution in [0.2, 0.25) is 0 Å². The van der Waals surface area contributed by atoms with Crippen LogP contribution in [0.5, 0.6) is 0 Å². The van der Waals surface area contributed by atoms with Crippen molar-refractivity contribution in [3.8, 4) is 11.1 Å². The second kappa shape index (κ2) is 11.0. The molecule has 0 bridgehead atoms. The van der Waals surface area contributed by atoms with E-state index in [9.17, 15) is 0 Å². The first kappa shape index (κ1) is 28.4. The Morgan fingerprint density at radius 1 is 0.451 bits per heavy atom. The third-order valence-electron chi connectivity index (χ3n) is 10.4. The molecule has 0 amide bonds. The maximum absolute atomic E-state index is 6.71. The van der Waals surface area contributed by atoms with Gasteiger partial charge in [0.2, 0.25) is 0 Å². The zero-order valence-electron chi connectivity index (χ0n) is 27.5. The lowest BCUT2D eigenvalue weighted by Crippen LogP contribution is -2.11. The molecule has 11 aromatic rings. The Balaban J connectivity index is 1.33. The largest absolute Gasteiger partial charge is 0.455 e. The topological polar surface area (TPSA) is 16.4 Å². The molecule has 0 saturated heterocycles. The Bertz CT molecular complexity index is 3090. The third kappa shape index (κ3) is 4.16. The number of hydrogen-bond acceptors (Lipinski definition) is 3. The van der Waals surface area contributed by atoms with E-state index < -0.39 is 0 Å². The molecule has 238 valence electrons. The normalized spacial score (nSPS) is 11.9. The van der Waals surface area contributed by atoms with Crippen molar-refractivity contribution in [1.82, 2.24) is 0 Å². The van der Waals surface area contributed by atoms with Crippen LogP contribution < -0.4 is 4.90 Å². The van der Waals surface area contributed by atoms with Gasteiger partial charge in [0.05, 0.1) is 16.1 Å². The highest BCUT2D eigenvalue weighted by Crippen LogP contribution is 2.53. The molecule has 0 saturated carbocycles. The minimum atomic E-state index is 0.905. The highest BCUT2D eigenvalue weighted by atomic mass is 32.1. The Morgan fingerprint density at radius 2 is 1.04 bits per heavy atom. The minimum absolute atomic E-state index is 0.905. The molecule has 9 aromatic carbocycles. The monoisotopic (exact) mass is 667 g/mol. The summed E-state index contributed by atoms with van der Waals surface area (Å²) < 4.78 is 9.16. The van der Waals surface area contributed by atoms with Gasteiger partial charge in [-0.2, -0.15) is 0 Å². The lowest BCUT2D eigenvalue weighted by Gasteiger charge is -2.30. The Kier molecular flexibility index (Phi) is 6.16. The summed E-state index contributed by atoms with van der Waals surface area (Å²) >= 11 is 1.84. The molecule has 0 unspecified atom stereocenters. The van der Waals surface area contributed by atoms with Crippen LogP contribution in [0.25, 0.3) is 85.6 Å².